The second kappa shape index (κ2) is 6.14. The van der Waals surface area contributed by atoms with Gasteiger partial charge in [0.15, 0.2) is 5.69 Å². The van der Waals surface area contributed by atoms with Gasteiger partial charge in [-0.3, -0.25) is 14.2 Å². The lowest BCUT2D eigenvalue weighted by Gasteiger charge is -2.17. The third-order valence-corrected chi connectivity index (χ3v) is 6.32. The first-order chi connectivity index (χ1) is 12.4. The van der Waals surface area contributed by atoms with Crippen LogP contribution in [0.3, 0.4) is 0 Å². The molecule has 1 aromatic heterocycles. The number of hydrogen-bond acceptors (Lipinski definition) is 4. The number of aromatic amines is 1. The van der Waals surface area contributed by atoms with Gasteiger partial charge in [0.05, 0.1) is 17.0 Å². The van der Waals surface area contributed by atoms with Crippen LogP contribution in [-0.4, -0.2) is 36.8 Å². The molecule has 0 spiro atoms. The Morgan fingerprint density at radius 2 is 1.96 bits per heavy atom. The lowest BCUT2D eigenvalue weighted by molar-refractivity contribution is 0.102. The second-order valence-corrected chi connectivity index (χ2v) is 8.38. The van der Waals surface area contributed by atoms with Crippen LogP contribution in [0.25, 0.3) is 10.9 Å². The maximum absolute atomic E-state index is 12.5. The molecule has 2 heterocycles. The summed E-state index contributed by atoms with van der Waals surface area (Å²) in [7, 11) is -3.21. The summed E-state index contributed by atoms with van der Waals surface area (Å²) in [6.07, 6.45) is 0.631. The number of rotatable bonds is 3. The van der Waals surface area contributed by atoms with E-state index < -0.39 is 10.0 Å². The van der Waals surface area contributed by atoms with Crippen LogP contribution >= 0.6 is 0 Å². The Hall–Kier alpha value is -2.87. The van der Waals surface area contributed by atoms with Crippen molar-refractivity contribution in [1.82, 2.24) is 10.2 Å². The Morgan fingerprint density at radius 1 is 1.19 bits per heavy atom. The van der Waals surface area contributed by atoms with Gasteiger partial charge in [-0.25, -0.2) is 8.42 Å². The lowest BCUT2D eigenvalue weighted by atomic mass is 10.1. The van der Waals surface area contributed by atoms with E-state index in [1.165, 1.54) is 4.31 Å². The van der Waals surface area contributed by atoms with Crippen molar-refractivity contribution in [1.29, 1.82) is 0 Å². The average Bonchev–Trinajstić information content (AvgIpc) is 3.18. The predicted molar refractivity (Wildman–Crippen MR) is 101 cm³/mol. The van der Waals surface area contributed by atoms with E-state index in [1.807, 2.05) is 25.1 Å². The lowest BCUT2D eigenvalue weighted by Crippen LogP contribution is -2.25. The molecule has 8 heteroatoms. The number of benzene rings is 2. The number of anilines is 2. The van der Waals surface area contributed by atoms with Crippen molar-refractivity contribution in [2.75, 3.05) is 21.9 Å². The Bertz CT molecular complexity index is 1090. The average molecular weight is 370 g/mol. The molecule has 2 N–H and O–H groups in total. The largest absolute Gasteiger partial charge is 0.321 e. The van der Waals surface area contributed by atoms with Gasteiger partial charge in [-0.1, -0.05) is 11.6 Å². The molecule has 1 amide bonds. The number of carbonyl (C=O) groups excluding carboxylic acids is 1. The molecule has 3 aromatic rings. The van der Waals surface area contributed by atoms with Gasteiger partial charge >= 0.3 is 0 Å². The number of hydrogen-bond donors (Lipinski definition) is 2. The Balaban J connectivity index is 1.55. The van der Waals surface area contributed by atoms with Crippen LogP contribution in [0.2, 0.25) is 0 Å². The Morgan fingerprint density at radius 3 is 2.65 bits per heavy atom. The highest BCUT2D eigenvalue weighted by molar-refractivity contribution is 7.93. The number of aromatic nitrogens is 2. The summed E-state index contributed by atoms with van der Waals surface area (Å²) < 4.78 is 25.4. The summed E-state index contributed by atoms with van der Waals surface area (Å²) in [5.74, 6) is -0.139. The number of H-pyrrole nitrogens is 1. The number of sulfonamides is 1. The number of nitrogens with one attached hydrogen (secondary N) is 2. The summed E-state index contributed by atoms with van der Waals surface area (Å²) in [6, 6.07) is 12.5. The Labute approximate surface area is 151 Å². The van der Waals surface area contributed by atoms with Gasteiger partial charge in [0.2, 0.25) is 10.0 Å². The zero-order chi connectivity index (χ0) is 18.3. The van der Waals surface area contributed by atoms with Crippen LogP contribution in [-0.2, 0) is 10.0 Å². The number of aryl methyl sites for hydroxylation is 1. The van der Waals surface area contributed by atoms with Crippen molar-refractivity contribution < 1.29 is 13.2 Å². The molecule has 0 aliphatic carbocycles. The molecule has 0 radical (unpaired) electrons. The molecular weight excluding hydrogens is 352 g/mol. The van der Waals surface area contributed by atoms with Gasteiger partial charge in [-0.15, -0.1) is 0 Å². The SMILES string of the molecule is Cc1ccc2[nH]nc(C(=O)Nc3ccc(N4CCCS4(=O)=O)cc3)c2c1. The molecule has 0 saturated carbocycles. The van der Waals surface area contributed by atoms with Crippen LogP contribution in [0.5, 0.6) is 0 Å². The highest BCUT2D eigenvalue weighted by Crippen LogP contribution is 2.26. The van der Waals surface area contributed by atoms with Gasteiger partial charge in [0, 0.05) is 17.6 Å². The first kappa shape index (κ1) is 16.6. The molecule has 26 heavy (non-hydrogen) atoms. The van der Waals surface area contributed by atoms with E-state index in [2.05, 4.69) is 15.5 Å². The van der Waals surface area contributed by atoms with Crippen LogP contribution in [0.4, 0.5) is 11.4 Å². The molecule has 0 unspecified atom stereocenters. The third-order valence-electron chi connectivity index (χ3n) is 4.45. The van der Waals surface area contributed by atoms with Crippen molar-refractivity contribution >= 4 is 38.2 Å². The fraction of sp³-hybridized carbons (Fsp3) is 0.222. The molecular formula is C18H18N4O3S. The standard InChI is InChI=1S/C18H18N4O3S/c1-12-3-8-16-15(11-12)17(21-20-16)18(23)19-13-4-6-14(7-5-13)22-9-2-10-26(22,24)25/h3-8,11H,2,9-10H2,1H3,(H,19,23)(H,20,21). The van der Waals surface area contributed by atoms with Gasteiger partial charge in [0.1, 0.15) is 0 Å². The molecule has 0 atom stereocenters. The highest BCUT2D eigenvalue weighted by Gasteiger charge is 2.28. The van der Waals surface area contributed by atoms with E-state index in [-0.39, 0.29) is 11.7 Å². The van der Waals surface area contributed by atoms with Crippen molar-refractivity contribution in [3.63, 3.8) is 0 Å². The number of nitrogens with zero attached hydrogens (tertiary/aromatic N) is 2. The summed E-state index contributed by atoms with van der Waals surface area (Å²) in [6.45, 7) is 2.45. The molecule has 4 rings (SSSR count). The van der Waals surface area contributed by atoms with Gasteiger partial charge in [0.25, 0.3) is 5.91 Å². The van der Waals surface area contributed by atoms with E-state index >= 15 is 0 Å². The Kier molecular flexibility index (Phi) is 3.91. The fourth-order valence-corrected chi connectivity index (χ4v) is 4.70. The van der Waals surface area contributed by atoms with Crippen LogP contribution in [0, 0.1) is 6.92 Å². The highest BCUT2D eigenvalue weighted by atomic mass is 32.2. The predicted octanol–water partition coefficient (Wildman–Crippen LogP) is 2.66. The summed E-state index contributed by atoms with van der Waals surface area (Å²) in [5.41, 5.74) is 3.37. The minimum absolute atomic E-state index is 0.178. The first-order valence-electron chi connectivity index (χ1n) is 8.31. The van der Waals surface area contributed by atoms with Gasteiger partial charge in [-0.2, -0.15) is 5.10 Å². The smallest absolute Gasteiger partial charge is 0.276 e. The molecule has 134 valence electrons. The van der Waals surface area contributed by atoms with Crippen molar-refractivity contribution in [2.24, 2.45) is 0 Å². The minimum atomic E-state index is -3.21. The number of amides is 1. The van der Waals surface area contributed by atoms with E-state index in [0.717, 1.165) is 16.5 Å². The quantitative estimate of drug-likeness (QED) is 0.741. The molecule has 1 aliphatic rings. The van der Waals surface area contributed by atoms with Crippen LogP contribution in [0.15, 0.2) is 42.5 Å². The van der Waals surface area contributed by atoms with Crippen molar-refractivity contribution in [2.45, 2.75) is 13.3 Å². The normalized spacial score (nSPS) is 16.1. The van der Waals surface area contributed by atoms with Gasteiger partial charge < -0.3 is 5.32 Å². The second-order valence-electron chi connectivity index (χ2n) is 6.36. The number of carbonyl (C=O) groups is 1. The van der Waals surface area contributed by atoms with Crippen LogP contribution < -0.4 is 9.62 Å². The van der Waals surface area contributed by atoms with E-state index in [1.54, 1.807) is 24.3 Å². The maximum Gasteiger partial charge on any atom is 0.276 e. The molecule has 0 bridgehead atoms. The topological polar surface area (TPSA) is 95.2 Å². The first-order valence-corrected chi connectivity index (χ1v) is 9.91. The molecule has 7 nitrogen and oxygen atoms in total. The maximum atomic E-state index is 12.5. The number of fused-ring (bicyclic) bond motifs is 1. The summed E-state index contributed by atoms with van der Waals surface area (Å²) in [4.78, 5) is 12.5. The summed E-state index contributed by atoms with van der Waals surface area (Å²) in [5, 5.41) is 10.5. The zero-order valence-corrected chi connectivity index (χ0v) is 15.0. The van der Waals surface area contributed by atoms with E-state index in [4.69, 9.17) is 0 Å². The van der Waals surface area contributed by atoms with Crippen LogP contribution in [0.1, 0.15) is 22.5 Å². The summed E-state index contributed by atoms with van der Waals surface area (Å²) >= 11 is 0. The van der Waals surface area contributed by atoms with Crippen molar-refractivity contribution in [3.8, 4) is 0 Å². The minimum Gasteiger partial charge on any atom is -0.321 e. The third kappa shape index (κ3) is 2.92. The van der Waals surface area contributed by atoms with E-state index in [0.29, 0.717) is 30.0 Å². The molecule has 2 aromatic carbocycles. The monoisotopic (exact) mass is 370 g/mol. The molecule has 1 fully saturated rings. The fourth-order valence-electron chi connectivity index (χ4n) is 3.13. The van der Waals surface area contributed by atoms with E-state index in [9.17, 15) is 13.2 Å². The zero-order valence-electron chi connectivity index (χ0n) is 14.2. The van der Waals surface area contributed by atoms with Gasteiger partial charge in [-0.05, 0) is 49.7 Å². The molecule has 1 saturated heterocycles. The molecule has 1 aliphatic heterocycles. The van der Waals surface area contributed by atoms with Crippen molar-refractivity contribution in [3.05, 3.63) is 53.7 Å².